The van der Waals surface area contributed by atoms with Crippen molar-refractivity contribution in [2.75, 3.05) is 0 Å². The summed E-state index contributed by atoms with van der Waals surface area (Å²) in [6, 6.07) is 0. The van der Waals surface area contributed by atoms with E-state index in [2.05, 4.69) is 0 Å². The number of carbonyl (C=O) groups excluding carboxylic acids is 2. The molecule has 1 saturated heterocycles. The maximum atomic E-state index is 11.2. The highest BCUT2D eigenvalue weighted by molar-refractivity contribution is 5.69. The van der Waals surface area contributed by atoms with Gasteiger partial charge in [-0.05, 0) is 6.92 Å². The topological polar surface area (TPSA) is 119 Å². The molecule has 0 bridgehead atoms. The molecule has 0 aromatic heterocycles. The van der Waals surface area contributed by atoms with E-state index in [1.165, 1.54) is 0 Å². The number of esters is 2. The third kappa shape index (κ3) is 4.17. The van der Waals surface area contributed by atoms with Gasteiger partial charge in [0.25, 0.3) is 0 Å². The highest BCUT2D eigenvalue weighted by Crippen LogP contribution is 2.31. The zero-order valence-corrected chi connectivity index (χ0v) is 11.4. The van der Waals surface area contributed by atoms with Crippen LogP contribution in [0.5, 0.6) is 0 Å². The third-order valence-electron chi connectivity index (χ3n) is 3.00. The Hall–Kier alpha value is -1.67. The minimum absolute atomic E-state index is 0.344. The van der Waals surface area contributed by atoms with Gasteiger partial charge in [0, 0.05) is 19.8 Å². The number of carbonyl (C=O) groups is 3. The summed E-state index contributed by atoms with van der Waals surface area (Å²) in [5.74, 6) is -3.20. The van der Waals surface area contributed by atoms with Crippen LogP contribution in [0.1, 0.15) is 27.2 Å². The zero-order valence-electron chi connectivity index (χ0n) is 11.4. The summed E-state index contributed by atoms with van der Waals surface area (Å²) in [4.78, 5) is 33.1. The largest absolute Gasteiger partial charge is 0.481 e. The molecule has 20 heavy (non-hydrogen) atoms. The molecule has 1 fully saturated rings. The van der Waals surface area contributed by atoms with E-state index in [9.17, 15) is 19.5 Å². The van der Waals surface area contributed by atoms with Crippen molar-refractivity contribution in [1.29, 1.82) is 0 Å². The van der Waals surface area contributed by atoms with E-state index in [-0.39, 0.29) is 6.42 Å². The number of carboxylic acid groups (broad SMARTS) is 1. The lowest BCUT2D eigenvalue weighted by molar-refractivity contribution is -0.274. The van der Waals surface area contributed by atoms with Gasteiger partial charge in [-0.1, -0.05) is 0 Å². The van der Waals surface area contributed by atoms with Crippen molar-refractivity contribution in [3.63, 3.8) is 0 Å². The second-order valence-corrected chi connectivity index (χ2v) is 4.64. The van der Waals surface area contributed by atoms with E-state index in [0.717, 1.165) is 13.8 Å². The second kappa shape index (κ2) is 6.67. The molecule has 1 aliphatic heterocycles. The van der Waals surface area contributed by atoms with E-state index in [1.54, 1.807) is 6.92 Å². The summed E-state index contributed by atoms with van der Waals surface area (Å²) in [5.41, 5.74) is 0. The first-order valence-corrected chi connectivity index (χ1v) is 6.12. The molecule has 0 aliphatic carbocycles. The van der Waals surface area contributed by atoms with Crippen molar-refractivity contribution >= 4 is 17.9 Å². The number of aliphatic hydroxyl groups excluding tert-OH is 1. The van der Waals surface area contributed by atoms with Crippen LogP contribution in [0.4, 0.5) is 0 Å². The van der Waals surface area contributed by atoms with Crippen LogP contribution in [-0.4, -0.2) is 52.7 Å². The van der Waals surface area contributed by atoms with Gasteiger partial charge in [0.05, 0.1) is 12.5 Å². The number of carboxylic acids is 1. The summed E-state index contributed by atoms with van der Waals surface area (Å²) in [6.45, 7) is 3.83. The van der Waals surface area contributed by atoms with Crippen LogP contribution in [0.15, 0.2) is 0 Å². The van der Waals surface area contributed by atoms with E-state index in [4.69, 9.17) is 19.3 Å². The normalized spacial score (nSPS) is 33.3. The molecule has 5 atom stereocenters. The molecule has 8 nitrogen and oxygen atoms in total. The zero-order chi connectivity index (χ0) is 15.4. The summed E-state index contributed by atoms with van der Waals surface area (Å²) in [6.07, 6.45) is -4.83. The van der Waals surface area contributed by atoms with Crippen molar-refractivity contribution < 1.29 is 38.8 Å². The number of rotatable bonds is 4. The second-order valence-electron chi connectivity index (χ2n) is 4.64. The van der Waals surface area contributed by atoms with Crippen LogP contribution in [0.2, 0.25) is 0 Å². The minimum Gasteiger partial charge on any atom is -0.481 e. The highest BCUT2D eigenvalue weighted by Gasteiger charge is 2.48. The van der Waals surface area contributed by atoms with Crippen LogP contribution in [0.25, 0.3) is 0 Å². The van der Waals surface area contributed by atoms with Gasteiger partial charge < -0.3 is 24.4 Å². The van der Waals surface area contributed by atoms with Gasteiger partial charge in [0.15, 0.2) is 12.4 Å². The van der Waals surface area contributed by atoms with Crippen LogP contribution < -0.4 is 0 Å². The van der Waals surface area contributed by atoms with E-state index >= 15 is 0 Å². The van der Waals surface area contributed by atoms with Gasteiger partial charge in [-0.25, -0.2) is 0 Å². The Balaban J connectivity index is 3.01. The Morgan fingerprint density at radius 3 is 2.05 bits per heavy atom. The Labute approximate surface area is 115 Å². The third-order valence-corrected chi connectivity index (χ3v) is 3.00. The lowest BCUT2D eigenvalue weighted by Gasteiger charge is -2.42. The minimum atomic E-state index is -1.48. The monoisotopic (exact) mass is 290 g/mol. The predicted octanol–water partition coefficient (Wildman–Crippen LogP) is -0.322. The molecule has 0 aromatic rings. The maximum absolute atomic E-state index is 11.2. The van der Waals surface area contributed by atoms with Crippen molar-refractivity contribution in [2.45, 2.75) is 51.8 Å². The Bertz CT molecular complexity index is 365. The van der Waals surface area contributed by atoms with Gasteiger partial charge >= 0.3 is 17.9 Å². The van der Waals surface area contributed by atoms with Gasteiger partial charge in [0.1, 0.15) is 6.10 Å². The maximum Gasteiger partial charge on any atom is 0.303 e. The average molecular weight is 290 g/mol. The molecule has 1 unspecified atom stereocenters. The molecular weight excluding hydrogens is 272 g/mol. The Kier molecular flexibility index (Phi) is 5.46. The van der Waals surface area contributed by atoms with E-state index < -0.39 is 48.4 Å². The van der Waals surface area contributed by atoms with E-state index in [1.807, 2.05) is 0 Å². The summed E-state index contributed by atoms with van der Waals surface area (Å²) < 4.78 is 15.1. The van der Waals surface area contributed by atoms with Gasteiger partial charge in [-0.3, -0.25) is 14.4 Å². The van der Waals surface area contributed by atoms with Crippen LogP contribution in [0.3, 0.4) is 0 Å². The van der Waals surface area contributed by atoms with Gasteiger partial charge in [-0.15, -0.1) is 0 Å². The van der Waals surface area contributed by atoms with E-state index in [0.29, 0.717) is 0 Å². The van der Waals surface area contributed by atoms with Crippen molar-refractivity contribution in [3.05, 3.63) is 0 Å². The molecule has 1 heterocycles. The molecule has 114 valence electrons. The standard InChI is InChI=1S/C12H18O8/c1-5-8(4-9(15)16)10(19-6(2)13)11(12(17)18-5)20-7(3)14/h5,8,10-12,17H,4H2,1-3H3,(H,15,16)/t5-,8+,10+,11-,12?/m1/s1. The number of hydrogen-bond acceptors (Lipinski definition) is 7. The molecular formula is C12H18O8. The van der Waals surface area contributed by atoms with Crippen LogP contribution in [-0.2, 0) is 28.6 Å². The number of ether oxygens (including phenoxy) is 3. The molecule has 0 amide bonds. The smallest absolute Gasteiger partial charge is 0.303 e. The molecule has 0 saturated carbocycles. The Morgan fingerprint density at radius 1 is 1.10 bits per heavy atom. The first-order chi connectivity index (χ1) is 9.22. The molecule has 2 N–H and O–H groups in total. The lowest BCUT2D eigenvalue weighted by Crippen LogP contribution is -2.57. The fourth-order valence-electron chi connectivity index (χ4n) is 2.22. The SMILES string of the molecule is CC(=O)O[C@H]1[C@@H](CC(=O)O)[C@@H](C)OC(O)[C@@H]1OC(C)=O. The molecule has 0 radical (unpaired) electrons. The number of aliphatic hydroxyl groups is 1. The fourth-order valence-corrected chi connectivity index (χ4v) is 2.22. The summed E-state index contributed by atoms with van der Waals surface area (Å²) >= 11 is 0. The van der Waals surface area contributed by atoms with Crippen LogP contribution >= 0.6 is 0 Å². The summed E-state index contributed by atoms with van der Waals surface area (Å²) in [7, 11) is 0. The Morgan fingerprint density at radius 2 is 1.60 bits per heavy atom. The molecule has 0 spiro atoms. The average Bonchev–Trinajstić information content (AvgIpc) is 2.27. The van der Waals surface area contributed by atoms with Crippen molar-refractivity contribution in [2.24, 2.45) is 5.92 Å². The molecule has 8 heteroatoms. The number of aliphatic carboxylic acids is 1. The quantitative estimate of drug-likeness (QED) is 0.676. The lowest BCUT2D eigenvalue weighted by atomic mass is 9.86. The van der Waals surface area contributed by atoms with Crippen molar-refractivity contribution in [1.82, 2.24) is 0 Å². The summed E-state index contributed by atoms with van der Waals surface area (Å²) in [5, 5.41) is 18.7. The molecule has 0 aromatic carbocycles. The first kappa shape index (κ1) is 16.4. The predicted molar refractivity (Wildman–Crippen MR) is 63.4 cm³/mol. The van der Waals surface area contributed by atoms with Gasteiger partial charge in [-0.2, -0.15) is 0 Å². The van der Waals surface area contributed by atoms with Crippen LogP contribution in [0, 0.1) is 5.92 Å². The highest BCUT2D eigenvalue weighted by atomic mass is 16.7. The van der Waals surface area contributed by atoms with Gasteiger partial charge in [0.2, 0.25) is 0 Å². The fraction of sp³-hybridized carbons (Fsp3) is 0.750. The molecule has 1 aliphatic rings. The van der Waals surface area contributed by atoms with Crippen molar-refractivity contribution in [3.8, 4) is 0 Å². The first-order valence-electron chi connectivity index (χ1n) is 6.12. The molecule has 1 rings (SSSR count). The number of hydrogen-bond donors (Lipinski definition) is 2.